The maximum atomic E-state index is 12.9. The second-order valence-electron chi connectivity index (χ2n) is 18.1. The first-order chi connectivity index (χ1) is 32.0. The van der Waals surface area contributed by atoms with E-state index in [4.69, 9.17) is 9.05 Å². The van der Waals surface area contributed by atoms with Crippen molar-refractivity contribution in [1.82, 2.24) is 5.32 Å². The van der Waals surface area contributed by atoms with E-state index in [2.05, 4.69) is 129 Å². The number of carbonyl (C=O) groups is 1. The van der Waals surface area contributed by atoms with Gasteiger partial charge in [0.1, 0.15) is 13.2 Å². The fourth-order valence-corrected chi connectivity index (χ4v) is 7.32. The molecular formula is C57H97N2O6P. The zero-order valence-corrected chi connectivity index (χ0v) is 43.5. The summed E-state index contributed by atoms with van der Waals surface area (Å²) in [5.74, 6) is -0.229. The number of phosphoric acid groups is 1. The number of allylic oxidation sites excluding steroid dienone is 19. The summed E-state index contributed by atoms with van der Waals surface area (Å²) in [6.45, 7) is 4.46. The number of quaternary nitrogens is 1. The molecule has 2 N–H and O–H groups in total. The number of nitrogens with zero attached hydrogens (tertiary/aromatic N) is 1. The molecule has 0 aromatic heterocycles. The van der Waals surface area contributed by atoms with E-state index in [-0.39, 0.29) is 12.5 Å². The number of likely N-dealkylation sites (N-methyl/N-ethyl adjacent to an activating group) is 1. The summed E-state index contributed by atoms with van der Waals surface area (Å²) < 4.78 is 23.2. The van der Waals surface area contributed by atoms with Crippen LogP contribution in [0.25, 0.3) is 0 Å². The van der Waals surface area contributed by atoms with E-state index in [0.717, 1.165) is 116 Å². The Balaban J connectivity index is 4.31. The Morgan fingerprint density at radius 3 is 1.41 bits per heavy atom. The largest absolute Gasteiger partial charge is 0.756 e. The van der Waals surface area contributed by atoms with E-state index in [1.165, 1.54) is 44.9 Å². The molecule has 0 spiro atoms. The fraction of sp³-hybridized carbons (Fsp3) is 0.632. The maximum absolute atomic E-state index is 12.9. The Bertz CT molecular complexity index is 1480. The van der Waals surface area contributed by atoms with Gasteiger partial charge in [0.25, 0.3) is 7.82 Å². The van der Waals surface area contributed by atoms with Crippen molar-refractivity contribution in [2.24, 2.45) is 0 Å². The van der Waals surface area contributed by atoms with E-state index >= 15 is 0 Å². The van der Waals surface area contributed by atoms with Gasteiger partial charge in [-0.3, -0.25) is 9.36 Å². The number of carbonyl (C=O) groups excluding carboxylic acids is 1. The zero-order chi connectivity index (χ0) is 48.5. The van der Waals surface area contributed by atoms with E-state index in [1.807, 2.05) is 27.2 Å². The summed E-state index contributed by atoms with van der Waals surface area (Å²) in [6.07, 6.45) is 69.8. The highest BCUT2D eigenvalue weighted by Crippen LogP contribution is 2.38. The quantitative estimate of drug-likeness (QED) is 0.0273. The van der Waals surface area contributed by atoms with E-state index in [9.17, 15) is 19.4 Å². The summed E-state index contributed by atoms with van der Waals surface area (Å²) in [7, 11) is 1.21. The van der Waals surface area contributed by atoms with Crippen molar-refractivity contribution < 1.29 is 32.9 Å². The van der Waals surface area contributed by atoms with Crippen molar-refractivity contribution in [3.63, 3.8) is 0 Å². The van der Waals surface area contributed by atoms with Gasteiger partial charge in [-0.2, -0.15) is 0 Å². The first kappa shape index (κ1) is 62.9. The SMILES string of the molecule is CC/C=C\C/C=C\C/C=C\C/C=C\C/C=C\C/C=C\C/C=C\C/C=C\CCCCCCCCC(=O)NC(COP(=O)([O-])OCC[N+](C)(C)C)C(O)/C=C/CC/C=C/CCCCCCCCC. The normalized spacial score (nSPS) is 15.1. The van der Waals surface area contributed by atoms with Gasteiger partial charge in [0, 0.05) is 6.42 Å². The highest BCUT2D eigenvalue weighted by molar-refractivity contribution is 7.45. The van der Waals surface area contributed by atoms with Gasteiger partial charge in [0.2, 0.25) is 5.91 Å². The minimum absolute atomic E-state index is 0.0165. The number of amides is 1. The smallest absolute Gasteiger partial charge is 0.268 e. The molecule has 3 unspecified atom stereocenters. The fourth-order valence-electron chi connectivity index (χ4n) is 6.59. The molecule has 376 valence electrons. The molecule has 0 bridgehead atoms. The lowest BCUT2D eigenvalue weighted by Crippen LogP contribution is -2.45. The summed E-state index contributed by atoms with van der Waals surface area (Å²) in [5.41, 5.74) is 0. The molecule has 0 aliphatic carbocycles. The molecule has 0 fully saturated rings. The zero-order valence-electron chi connectivity index (χ0n) is 42.6. The molecule has 8 nitrogen and oxygen atoms in total. The molecule has 0 aliphatic rings. The van der Waals surface area contributed by atoms with Crippen LogP contribution in [0.3, 0.4) is 0 Å². The molecule has 0 aliphatic heterocycles. The van der Waals surface area contributed by atoms with Gasteiger partial charge < -0.3 is 28.8 Å². The Morgan fingerprint density at radius 2 is 0.939 bits per heavy atom. The molecule has 0 saturated heterocycles. The van der Waals surface area contributed by atoms with Crippen LogP contribution in [-0.2, 0) is 18.4 Å². The van der Waals surface area contributed by atoms with Gasteiger partial charge in [-0.05, 0) is 96.3 Å². The average Bonchev–Trinajstić information content (AvgIpc) is 3.28. The van der Waals surface area contributed by atoms with Crippen LogP contribution in [0, 0.1) is 0 Å². The van der Waals surface area contributed by atoms with Crippen LogP contribution in [0.4, 0.5) is 0 Å². The minimum Gasteiger partial charge on any atom is -0.756 e. The summed E-state index contributed by atoms with van der Waals surface area (Å²) in [4.78, 5) is 25.4. The number of phosphoric ester groups is 1. The van der Waals surface area contributed by atoms with Crippen LogP contribution in [0.15, 0.2) is 122 Å². The molecule has 3 atom stereocenters. The molecule has 66 heavy (non-hydrogen) atoms. The van der Waals surface area contributed by atoms with Crippen LogP contribution in [-0.4, -0.2) is 68.5 Å². The van der Waals surface area contributed by atoms with Crippen molar-refractivity contribution in [1.29, 1.82) is 0 Å². The van der Waals surface area contributed by atoms with Crippen molar-refractivity contribution in [2.45, 2.75) is 193 Å². The molecule has 0 radical (unpaired) electrons. The highest BCUT2D eigenvalue weighted by atomic mass is 31.2. The minimum atomic E-state index is -4.61. The molecule has 0 aromatic rings. The molecule has 0 heterocycles. The van der Waals surface area contributed by atoms with Gasteiger partial charge in [-0.25, -0.2) is 0 Å². The lowest BCUT2D eigenvalue weighted by atomic mass is 10.1. The highest BCUT2D eigenvalue weighted by Gasteiger charge is 2.23. The number of hydrogen-bond acceptors (Lipinski definition) is 6. The number of aliphatic hydroxyl groups is 1. The van der Waals surface area contributed by atoms with Crippen molar-refractivity contribution in [3.8, 4) is 0 Å². The van der Waals surface area contributed by atoms with Crippen molar-refractivity contribution >= 4 is 13.7 Å². The third-order valence-corrected chi connectivity index (χ3v) is 11.6. The van der Waals surface area contributed by atoms with Crippen LogP contribution >= 0.6 is 7.82 Å². The summed E-state index contributed by atoms with van der Waals surface area (Å²) in [5, 5.41) is 13.8. The first-order valence-corrected chi connectivity index (χ1v) is 27.4. The van der Waals surface area contributed by atoms with Gasteiger partial charge in [-0.15, -0.1) is 0 Å². The molecule has 1 amide bonds. The van der Waals surface area contributed by atoms with Gasteiger partial charge in [-0.1, -0.05) is 200 Å². The predicted molar refractivity (Wildman–Crippen MR) is 283 cm³/mol. The Kier molecular flexibility index (Phi) is 44.8. The predicted octanol–water partition coefficient (Wildman–Crippen LogP) is 14.8. The second kappa shape index (κ2) is 47.0. The third kappa shape index (κ3) is 48.8. The summed E-state index contributed by atoms with van der Waals surface area (Å²) >= 11 is 0. The van der Waals surface area contributed by atoms with Crippen LogP contribution < -0.4 is 10.2 Å². The van der Waals surface area contributed by atoms with Crippen molar-refractivity contribution in [2.75, 3.05) is 40.9 Å². The average molecular weight is 937 g/mol. The number of rotatable bonds is 45. The van der Waals surface area contributed by atoms with Crippen LogP contribution in [0.2, 0.25) is 0 Å². The molecule has 0 rings (SSSR count). The lowest BCUT2D eigenvalue weighted by molar-refractivity contribution is -0.870. The topological polar surface area (TPSA) is 108 Å². The lowest BCUT2D eigenvalue weighted by Gasteiger charge is -2.29. The van der Waals surface area contributed by atoms with Gasteiger partial charge >= 0.3 is 0 Å². The van der Waals surface area contributed by atoms with Crippen LogP contribution in [0.1, 0.15) is 181 Å². The van der Waals surface area contributed by atoms with Crippen LogP contribution in [0.5, 0.6) is 0 Å². The standard InChI is InChI=1S/C57H97N2O6P/c1-6-8-10-12-14-16-18-20-21-22-23-24-25-26-27-28-29-30-31-32-33-34-35-36-37-39-41-43-45-47-49-51-57(61)58-55(54-65-66(62,63)64-53-52-59(3,4)5)56(60)50-48-46-44-42-40-38-19-17-15-13-11-9-7-2/h8,10,14,16,20-21,23-24,26-27,29-30,32-33,35-36,40,42,48,50,55-56,60H,6-7,9,11-13,15,17-19,22,25,28,31,34,37-39,41,43-47,49,51-54H2,1-5H3,(H-,58,61,62,63)/b10-8-,16-14-,21-20-,24-23-,27-26-,30-29-,33-32-,36-35-,42-40+,50-48+. The van der Waals surface area contributed by atoms with E-state index in [0.29, 0.717) is 17.4 Å². The number of unbranched alkanes of at least 4 members (excludes halogenated alkanes) is 14. The monoisotopic (exact) mass is 937 g/mol. The molecule has 9 heteroatoms. The number of hydrogen-bond donors (Lipinski definition) is 2. The first-order valence-electron chi connectivity index (χ1n) is 25.9. The maximum Gasteiger partial charge on any atom is 0.268 e. The Morgan fingerprint density at radius 1 is 0.545 bits per heavy atom. The molecular weight excluding hydrogens is 840 g/mol. The van der Waals surface area contributed by atoms with Crippen molar-refractivity contribution in [3.05, 3.63) is 122 Å². The Labute approximate surface area is 405 Å². The number of nitrogens with one attached hydrogen (secondary N) is 1. The van der Waals surface area contributed by atoms with E-state index < -0.39 is 26.6 Å². The number of aliphatic hydroxyl groups excluding tert-OH is 1. The molecule has 0 saturated carbocycles. The second-order valence-corrected chi connectivity index (χ2v) is 19.5. The van der Waals surface area contributed by atoms with Gasteiger partial charge in [0.05, 0.1) is 39.9 Å². The van der Waals surface area contributed by atoms with E-state index in [1.54, 1.807) is 6.08 Å². The Hall–Kier alpha value is -3.10. The van der Waals surface area contributed by atoms with Gasteiger partial charge in [0.15, 0.2) is 0 Å². The molecule has 0 aromatic carbocycles. The third-order valence-electron chi connectivity index (χ3n) is 10.7. The summed E-state index contributed by atoms with van der Waals surface area (Å²) in [6, 6.07) is -0.919.